The molecule has 0 unspecified atom stereocenters. The van der Waals surface area contributed by atoms with E-state index < -0.39 is 23.6 Å². The third-order valence-corrected chi connectivity index (χ3v) is 6.45. The first-order chi connectivity index (χ1) is 16.6. The average molecular weight is 498 g/mol. The first-order valence-corrected chi connectivity index (χ1v) is 11.5. The average Bonchev–Trinajstić information content (AvgIpc) is 2.86. The summed E-state index contributed by atoms with van der Waals surface area (Å²) >= 11 is 6.27. The number of hydrogen-bond acceptors (Lipinski definition) is 5. The maximum absolute atomic E-state index is 13.0. The van der Waals surface area contributed by atoms with Crippen molar-refractivity contribution in [3.63, 3.8) is 0 Å². The molecule has 0 saturated carbocycles. The molecule has 1 N–H and O–H groups in total. The molecule has 1 amide bonds. The van der Waals surface area contributed by atoms with Crippen LogP contribution >= 0.6 is 11.6 Å². The number of halogens is 1. The lowest BCUT2D eigenvalue weighted by Crippen LogP contribution is -2.43. The first kappa shape index (κ1) is 26.0. The van der Waals surface area contributed by atoms with E-state index in [0.29, 0.717) is 33.8 Å². The normalized spacial score (nSPS) is 11.7. The molecule has 0 fully saturated rings. The van der Waals surface area contributed by atoms with Crippen LogP contribution in [0.3, 0.4) is 0 Å². The minimum atomic E-state index is -0.938. The second-order valence-electron chi connectivity index (χ2n) is 8.24. The number of carbonyl (C=O) groups excluding carboxylic acids is 2. The van der Waals surface area contributed by atoms with Gasteiger partial charge >= 0.3 is 11.7 Å². The van der Waals surface area contributed by atoms with Gasteiger partial charge in [-0.05, 0) is 36.1 Å². The Balaban J connectivity index is 1.89. The molecular weight excluding hydrogens is 470 g/mol. The molecule has 184 valence electrons. The van der Waals surface area contributed by atoms with Crippen LogP contribution in [-0.4, -0.2) is 34.2 Å². The Kier molecular flexibility index (Phi) is 7.96. The van der Waals surface area contributed by atoms with Gasteiger partial charge in [0.15, 0.2) is 0 Å². The van der Waals surface area contributed by atoms with Gasteiger partial charge in [-0.3, -0.25) is 14.2 Å². The number of aromatic nitrogens is 2. The third-order valence-electron chi connectivity index (χ3n) is 6.14. The zero-order valence-corrected chi connectivity index (χ0v) is 21.1. The zero-order chi connectivity index (χ0) is 25.9. The van der Waals surface area contributed by atoms with Crippen molar-refractivity contribution in [1.82, 2.24) is 14.5 Å². The van der Waals surface area contributed by atoms with Gasteiger partial charge in [0.05, 0.1) is 23.3 Å². The molecule has 0 spiro atoms. The quantitative estimate of drug-likeness (QED) is 0.506. The molecule has 3 rings (SSSR count). The van der Waals surface area contributed by atoms with E-state index in [1.54, 1.807) is 50.4 Å². The summed E-state index contributed by atoms with van der Waals surface area (Å²) in [7, 11) is 4.31. The number of ether oxygens (including phenoxy) is 1. The predicted octanol–water partition coefficient (Wildman–Crippen LogP) is 2.79. The summed E-state index contributed by atoms with van der Waals surface area (Å²) in [5.74, 6) is -1.04. The number of benzene rings is 2. The molecule has 0 bridgehead atoms. The minimum absolute atomic E-state index is 0.175. The van der Waals surface area contributed by atoms with Crippen LogP contribution in [0.4, 0.5) is 0 Å². The Bertz CT molecular complexity index is 1390. The molecule has 0 saturated heterocycles. The van der Waals surface area contributed by atoms with Crippen molar-refractivity contribution in [2.24, 2.45) is 14.1 Å². The molecule has 0 radical (unpaired) electrons. The van der Waals surface area contributed by atoms with E-state index >= 15 is 0 Å². The fourth-order valence-corrected chi connectivity index (χ4v) is 4.28. The molecule has 1 atom stereocenters. The van der Waals surface area contributed by atoms with Crippen LogP contribution < -0.4 is 16.6 Å². The number of methoxy groups -OCH3 is 1. The summed E-state index contributed by atoms with van der Waals surface area (Å²) in [6.45, 7) is 3.63. The summed E-state index contributed by atoms with van der Waals surface area (Å²) in [5.41, 5.74) is 2.70. The molecular formula is C26H28ClN3O5. The van der Waals surface area contributed by atoms with E-state index in [4.69, 9.17) is 16.3 Å². The van der Waals surface area contributed by atoms with Crippen molar-refractivity contribution in [1.29, 1.82) is 0 Å². The molecule has 9 heteroatoms. The summed E-state index contributed by atoms with van der Waals surface area (Å²) in [6, 6.07) is 11.3. The van der Waals surface area contributed by atoms with Crippen LogP contribution in [0.25, 0.3) is 11.1 Å². The summed E-state index contributed by atoms with van der Waals surface area (Å²) in [4.78, 5) is 50.3. The third kappa shape index (κ3) is 5.22. The van der Waals surface area contributed by atoms with E-state index in [2.05, 4.69) is 5.32 Å². The lowest BCUT2D eigenvalue weighted by Gasteiger charge is -2.19. The SMILES string of the molecule is CCc1cccc(Cl)c1C(=O)N[C@@H](Cc1ccc(-c2c(C)n(C)c(=O)n(C)c2=O)cc1)C(=O)OC. The Morgan fingerprint density at radius 3 is 2.31 bits per heavy atom. The fourth-order valence-electron chi connectivity index (χ4n) is 4.00. The zero-order valence-electron chi connectivity index (χ0n) is 20.3. The molecule has 35 heavy (non-hydrogen) atoms. The van der Waals surface area contributed by atoms with Crippen molar-refractivity contribution in [3.8, 4) is 11.1 Å². The molecule has 1 aromatic heterocycles. The number of amides is 1. The molecule has 0 aliphatic heterocycles. The van der Waals surface area contributed by atoms with E-state index in [-0.39, 0.29) is 12.0 Å². The van der Waals surface area contributed by atoms with Crippen LogP contribution in [0, 0.1) is 6.92 Å². The topological polar surface area (TPSA) is 99.4 Å². The largest absolute Gasteiger partial charge is 0.467 e. The van der Waals surface area contributed by atoms with Crippen molar-refractivity contribution < 1.29 is 14.3 Å². The number of hydrogen-bond donors (Lipinski definition) is 1. The number of rotatable bonds is 7. The Labute approximate surface area is 208 Å². The Hall–Kier alpha value is -3.65. The van der Waals surface area contributed by atoms with E-state index in [1.807, 2.05) is 13.0 Å². The highest BCUT2D eigenvalue weighted by molar-refractivity contribution is 6.34. The van der Waals surface area contributed by atoms with Crippen molar-refractivity contribution in [2.75, 3.05) is 7.11 Å². The van der Waals surface area contributed by atoms with E-state index in [0.717, 1.165) is 15.7 Å². The molecule has 1 heterocycles. The van der Waals surface area contributed by atoms with Crippen LogP contribution in [0.1, 0.15) is 34.1 Å². The Morgan fingerprint density at radius 2 is 1.71 bits per heavy atom. The molecule has 0 aliphatic carbocycles. The molecule has 3 aromatic rings. The van der Waals surface area contributed by atoms with Crippen molar-refractivity contribution in [2.45, 2.75) is 32.7 Å². The smallest absolute Gasteiger partial charge is 0.330 e. The van der Waals surface area contributed by atoms with Crippen LogP contribution in [-0.2, 0) is 36.5 Å². The monoisotopic (exact) mass is 497 g/mol. The molecule has 2 aromatic carbocycles. The second-order valence-corrected chi connectivity index (χ2v) is 8.65. The number of esters is 1. The maximum Gasteiger partial charge on any atom is 0.330 e. The fraction of sp³-hybridized carbons (Fsp3) is 0.308. The van der Waals surface area contributed by atoms with Crippen molar-refractivity contribution >= 4 is 23.5 Å². The van der Waals surface area contributed by atoms with Crippen LogP contribution in [0.5, 0.6) is 0 Å². The predicted molar refractivity (Wildman–Crippen MR) is 135 cm³/mol. The van der Waals surface area contributed by atoms with Crippen molar-refractivity contribution in [3.05, 3.63) is 90.7 Å². The lowest BCUT2D eigenvalue weighted by atomic mass is 9.99. The van der Waals surface area contributed by atoms with Crippen LogP contribution in [0.2, 0.25) is 5.02 Å². The number of nitrogens with one attached hydrogen (secondary N) is 1. The van der Waals surface area contributed by atoms with Gasteiger partial charge in [-0.25, -0.2) is 9.59 Å². The highest BCUT2D eigenvalue weighted by Crippen LogP contribution is 2.22. The van der Waals surface area contributed by atoms with Gasteiger partial charge < -0.3 is 14.6 Å². The van der Waals surface area contributed by atoms with Gasteiger partial charge in [-0.1, -0.05) is 54.9 Å². The summed E-state index contributed by atoms with van der Waals surface area (Å²) in [6.07, 6.45) is 0.784. The van der Waals surface area contributed by atoms with Gasteiger partial charge in [0, 0.05) is 26.2 Å². The van der Waals surface area contributed by atoms with Gasteiger partial charge in [0.25, 0.3) is 11.5 Å². The van der Waals surface area contributed by atoms with E-state index in [1.165, 1.54) is 18.7 Å². The number of nitrogens with zero attached hydrogens (tertiary/aromatic N) is 2. The van der Waals surface area contributed by atoms with Gasteiger partial charge in [-0.2, -0.15) is 0 Å². The minimum Gasteiger partial charge on any atom is -0.467 e. The standard InChI is InChI=1S/C26H28ClN3O5/c1-6-17-8-7-9-19(27)22(17)23(31)28-20(25(33)35-5)14-16-10-12-18(13-11-16)21-15(2)29(3)26(34)30(4)24(21)32/h7-13,20H,6,14H2,1-5H3,(H,28,31)/t20-/m0/s1. The summed E-state index contributed by atoms with van der Waals surface area (Å²) in [5, 5.41) is 3.05. The highest BCUT2D eigenvalue weighted by Gasteiger charge is 2.25. The van der Waals surface area contributed by atoms with Gasteiger partial charge in [-0.15, -0.1) is 0 Å². The maximum atomic E-state index is 13.0. The molecule has 8 nitrogen and oxygen atoms in total. The second kappa shape index (κ2) is 10.7. The highest BCUT2D eigenvalue weighted by atomic mass is 35.5. The van der Waals surface area contributed by atoms with Gasteiger partial charge in [0.1, 0.15) is 6.04 Å². The van der Waals surface area contributed by atoms with Gasteiger partial charge in [0.2, 0.25) is 0 Å². The Morgan fingerprint density at radius 1 is 1.06 bits per heavy atom. The molecule has 0 aliphatic rings. The lowest BCUT2D eigenvalue weighted by molar-refractivity contribution is -0.142. The van der Waals surface area contributed by atoms with E-state index in [9.17, 15) is 19.2 Å². The number of carbonyl (C=O) groups is 2. The number of aryl methyl sites for hydroxylation is 1. The summed E-state index contributed by atoms with van der Waals surface area (Å²) < 4.78 is 7.40. The van der Waals surface area contributed by atoms with Crippen LogP contribution in [0.15, 0.2) is 52.1 Å². The first-order valence-electron chi connectivity index (χ1n) is 11.1.